The Bertz CT molecular complexity index is 361. The van der Waals surface area contributed by atoms with E-state index < -0.39 is 12.2 Å². The summed E-state index contributed by atoms with van der Waals surface area (Å²) in [5.74, 6) is 0.527. The van der Waals surface area contributed by atoms with Gasteiger partial charge in [-0.25, -0.2) is 0 Å². The van der Waals surface area contributed by atoms with E-state index in [1.54, 1.807) is 12.1 Å². The lowest BCUT2D eigenvalue weighted by atomic mass is 10.0. The normalized spacial score (nSPS) is 14.4. The number of aliphatic hydroxyl groups is 2. The lowest BCUT2D eigenvalue weighted by Gasteiger charge is -2.17. The van der Waals surface area contributed by atoms with Crippen molar-refractivity contribution in [1.82, 2.24) is 0 Å². The van der Waals surface area contributed by atoms with Crippen LogP contribution >= 0.6 is 11.8 Å². The Balaban J connectivity index is 2.48. The smallest absolute Gasteiger partial charge is 0.185 e. The molecule has 0 radical (unpaired) electrons. The largest absolute Gasteiger partial charge is 0.390 e. The van der Waals surface area contributed by atoms with Gasteiger partial charge in [-0.15, -0.1) is 0 Å². The molecular formula is C13H18O3S. The van der Waals surface area contributed by atoms with Crippen LogP contribution in [0.4, 0.5) is 0 Å². The second kappa shape index (κ2) is 6.79. The number of rotatable bonds is 5. The van der Waals surface area contributed by atoms with E-state index in [2.05, 4.69) is 0 Å². The summed E-state index contributed by atoms with van der Waals surface area (Å²) in [6.45, 7) is 3.46. The third-order valence-electron chi connectivity index (χ3n) is 2.50. The van der Waals surface area contributed by atoms with Crippen molar-refractivity contribution in [3.63, 3.8) is 0 Å². The number of carbonyl (C=O) groups is 1. The summed E-state index contributed by atoms with van der Waals surface area (Å²) in [6.07, 6.45) is -1.31. The van der Waals surface area contributed by atoms with E-state index >= 15 is 0 Å². The molecule has 2 unspecified atom stereocenters. The van der Waals surface area contributed by atoms with Crippen molar-refractivity contribution in [2.24, 2.45) is 0 Å². The highest BCUT2D eigenvalue weighted by molar-refractivity contribution is 8.13. The average Bonchev–Trinajstić information content (AvgIpc) is 2.28. The molecule has 2 atom stereocenters. The maximum atomic E-state index is 10.7. The Kier molecular flexibility index (Phi) is 5.68. The molecule has 0 aliphatic rings. The quantitative estimate of drug-likeness (QED) is 0.844. The second-order valence-electron chi connectivity index (χ2n) is 4.05. The third kappa shape index (κ3) is 4.89. The van der Waals surface area contributed by atoms with Gasteiger partial charge in [-0.1, -0.05) is 41.6 Å². The molecule has 0 spiro atoms. The lowest BCUT2D eigenvalue weighted by molar-refractivity contribution is -0.109. The van der Waals surface area contributed by atoms with E-state index in [0.29, 0.717) is 17.7 Å². The molecule has 17 heavy (non-hydrogen) atoms. The third-order valence-corrected chi connectivity index (χ3v) is 3.35. The van der Waals surface area contributed by atoms with Gasteiger partial charge in [0.2, 0.25) is 0 Å². The molecule has 0 heterocycles. The second-order valence-corrected chi connectivity index (χ2v) is 5.32. The fourth-order valence-corrected chi connectivity index (χ4v) is 2.11. The summed E-state index contributed by atoms with van der Waals surface area (Å²) in [6, 6.07) is 7.41. The van der Waals surface area contributed by atoms with Gasteiger partial charge in [0.1, 0.15) is 6.10 Å². The molecule has 1 aromatic rings. The predicted molar refractivity (Wildman–Crippen MR) is 69.9 cm³/mol. The average molecular weight is 254 g/mol. The van der Waals surface area contributed by atoms with Gasteiger partial charge in [0, 0.05) is 12.7 Å². The number of hydrogen-bond acceptors (Lipinski definition) is 4. The highest BCUT2D eigenvalue weighted by Crippen LogP contribution is 2.20. The molecule has 0 aromatic heterocycles. The van der Waals surface area contributed by atoms with E-state index in [1.807, 2.05) is 19.1 Å². The van der Waals surface area contributed by atoms with Gasteiger partial charge in [-0.2, -0.15) is 0 Å². The summed E-state index contributed by atoms with van der Waals surface area (Å²) >= 11 is 1.16. The summed E-state index contributed by atoms with van der Waals surface area (Å²) in [5.41, 5.74) is 1.82. The van der Waals surface area contributed by atoms with Gasteiger partial charge in [0.25, 0.3) is 0 Å². The van der Waals surface area contributed by atoms with Crippen molar-refractivity contribution in [3.8, 4) is 0 Å². The van der Waals surface area contributed by atoms with Crippen LogP contribution < -0.4 is 0 Å². The molecule has 0 amide bonds. The van der Waals surface area contributed by atoms with Gasteiger partial charge in [-0.05, 0) is 18.9 Å². The van der Waals surface area contributed by atoms with Crippen molar-refractivity contribution in [3.05, 3.63) is 35.4 Å². The van der Waals surface area contributed by atoms with Crippen molar-refractivity contribution in [2.45, 2.75) is 32.5 Å². The van der Waals surface area contributed by atoms with Gasteiger partial charge in [-0.3, -0.25) is 4.79 Å². The maximum Gasteiger partial charge on any atom is 0.185 e. The van der Waals surface area contributed by atoms with Crippen LogP contribution in [-0.2, 0) is 4.79 Å². The minimum Gasteiger partial charge on any atom is -0.390 e. The first-order valence-electron chi connectivity index (χ1n) is 5.56. The molecule has 0 fully saturated rings. The highest BCUT2D eigenvalue weighted by Gasteiger charge is 2.17. The van der Waals surface area contributed by atoms with Gasteiger partial charge in [0.15, 0.2) is 5.12 Å². The zero-order chi connectivity index (χ0) is 12.8. The summed E-state index contributed by atoms with van der Waals surface area (Å²) in [7, 11) is 0. The molecule has 0 bridgehead atoms. The SMILES string of the molecule is CC(=O)SCCC(O)C(O)c1ccc(C)cc1. The van der Waals surface area contributed by atoms with E-state index in [-0.39, 0.29) is 5.12 Å². The van der Waals surface area contributed by atoms with E-state index in [9.17, 15) is 15.0 Å². The van der Waals surface area contributed by atoms with Crippen LogP contribution in [-0.4, -0.2) is 27.2 Å². The molecule has 0 saturated heterocycles. The Morgan fingerprint density at radius 3 is 2.41 bits per heavy atom. The predicted octanol–water partition coefficient (Wildman–Crippen LogP) is 2.06. The number of aliphatic hydroxyl groups excluding tert-OH is 2. The molecule has 3 nitrogen and oxygen atoms in total. The molecule has 1 rings (SSSR count). The fourth-order valence-electron chi connectivity index (χ4n) is 1.47. The van der Waals surface area contributed by atoms with Crippen LogP contribution in [0.1, 0.15) is 30.6 Å². The van der Waals surface area contributed by atoms with Crippen LogP contribution in [0.25, 0.3) is 0 Å². The van der Waals surface area contributed by atoms with Crippen LogP contribution in [0.3, 0.4) is 0 Å². The molecule has 94 valence electrons. The zero-order valence-electron chi connectivity index (χ0n) is 10.1. The number of thioether (sulfide) groups is 1. The fraction of sp³-hybridized carbons (Fsp3) is 0.462. The van der Waals surface area contributed by atoms with E-state index in [0.717, 1.165) is 17.3 Å². The Hall–Kier alpha value is -0.840. The molecule has 0 aliphatic heterocycles. The Morgan fingerprint density at radius 2 is 1.88 bits per heavy atom. The standard InChI is InChI=1S/C13H18O3S/c1-9-3-5-11(6-4-9)13(16)12(15)7-8-17-10(2)14/h3-6,12-13,15-16H,7-8H2,1-2H3. The topological polar surface area (TPSA) is 57.5 Å². The molecule has 4 heteroatoms. The van der Waals surface area contributed by atoms with Crippen LogP contribution in [0, 0.1) is 6.92 Å². The highest BCUT2D eigenvalue weighted by atomic mass is 32.2. The van der Waals surface area contributed by atoms with Gasteiger partial charge >= 0.3 is 0 Å². The van der Waals surface area contributed by atoms with E-state index in [4.69, 9.17) is 0 Å². The molecule has 1 aromatic carbocycles. The first-order valence-corrected chi connectivity index (χ1v) is 6.55. The molecular weight excluding hydrogens is 236 g/mol. The summed E-state index contributed by atoms with van der Waals surface area (Å²) in [4.78, 5) is 10.7. The number of carbonyl (C=O) groups excluding carboxylic acids is 1. The van der Waals surface area contributed by atoms with Crippen molar-refractivity contribution >= 4 is 16.9 Å². The van der Waals surface area contributed by atoms with E-state index in [1.165, 1.54) is 6.92 Å². The van der Waals surface area contributed by atoms with Gasteiger partial charge in [0.05, 0.1) is 6.10 Å². The van der Waals surface area contributed by atoms with Crippen molar-refractivity contribution in [1.29, 1.82) is 0 Å². The number of benzene rings is 1. The number of aryl methyl sites for hydroxylation is 1. The molecule has 2 N–H and O–H groups in total. The summed E-state index contributed by atoms with van der Waals surface area (Å²) < 4.78 is 0. The minimum absolute atomic E-state index is 0.0297. The van der Waals surface area contributed by atoms with Crippen LogP contribution in [0.5, 0.6) is 0 Å². The lowest BCUT2D eigenvalue weighted by Crippen LogP contribution is -2.19. The maximum absolute atomic E-state index is 10.7. The molecule has 0 aliphatic carbocycles. The first kappa shape index (κ1) is 14.2. The number of hydrogen-bond donors (Lipinski definition) is 2. The van der Waals surface area contributed by atoms with Crippen LogP contribution in [0.2, 0.25) is 0 Å². The van der Waals surface area contributed by atoms with Gasteiger partial charge < -0.3 is 10.2 Å². The van der Waals surface area contributed by atoms with Crippen LogP contribution in [0.15, 0.2) is 24.3 Å². The Labute approximate surface area is 106 Å². The summed E-state index contributed by atoms with van der Waals surface area (Å²) in [5, 5.41) is 19.7. The Morgan fingerprint density at radius 1 is 1.29 bits per heavy atom. The van der Waals surface area contributed by atoms with Crippen molar-refractivity contribution in [2.75, 3.05) is 5.75 Å². The monoisotopic (exact) mass is 254 g/mol. The zero-order valence-corrected chi connectivity index (χ0v) is 10.9. The minimum atomic E-state index is -0.886. The van der Waals surface area contributed by atoms with Crippen molar-refractivity contribution < 1.29 is 15.0 Å². The first-order chi connectivity index (χ1) is 8.00. The molecule has 0 saturated carbocycles.